The normalized spacial score (nSPS) is 17.3. The van der Waals surface area contributed by atoms with Crippen LogP contribution in [0.2, 0.25) is 0 Å². The van der Waals surface area contributed by atoms with Crippen molar-refractivity contribution in [2.24, 2.45) is 24.0 Å². The summed E-state index contributed by atoms with van der Waals surface area (Å²) in [5.74, 6) is 1.20. The lowest BCUT2D eigenvalue weighted by molar-refractivity contribution is 0.483. The first-order valence-corrected chi connectivity index (χ1v) is 9.17. The molecule has 0 aliphatic carbocycles. The van der Waals surface area contributed by atoms with E-state index >= 15 is 0 Å². The summed E-state index contributed by atoms with van der Waals surface area (Å²) in [5, 5.41) is 6.51. The van der Waals surface area contributed by atoms with Gasteiger partial charge in [-0.15, -0.1) is 0 Å². The van der Waals surface area contributed by atoms with E-state index in [1.54, 1.807) is 7.05 Å². The zero-order valence-electron chi connectivity index (χ0n) is 16.6. The van der Waals surface area contributed by atoms with Crippen molar-refractivity contribution in [1.82, 2.24) is 18.7 Å². The lowest BCUT2D eigenvalue weighted by Crippen LogP contribution is -2.41. The highest BCUT2D eigenvalue weighted by molar-refractivity contribution is 5.91. The predicted molar refractivity (Wildman–Crippen MR) is 104 cm³/mol. The third-order valence-corrected chi connectivity index (χ3v) is 4.74. The van der Waals surface area contributed by atoms with Gasteiger partial charge in [0.25, 0.3) is 5.56 Å². The Kier molecular flexibility index (Phi) is 4.54. The standard InChI is InChI=1S/C18H28N6O2/c1-10(2)8-22-16(25)14-15(21(7)18(22)26)19-17-23(9-11(3)4)20-12(5)13(6)24(14)17/h10-11,13H,8-9H2,1-7H3. The number of aryl methyl sites for hydroxylation is 1. The minimum Gasteiger partial charge on any atom is -0.294 e. The molecule has 0 N–H and O–H groups in total. The molecule has 1 unspecified atom stereocenters. The molecule has 1 atom stereocenters. The monoisotopic (exact) mass is 360 g/mol. The zero-order valence-corrected chi connectivity index (χ0v) is 16.6. The summed E-state index contributed by atoms with van der Waals surface area (Å²) >= 11 is 0. The average molecular weight is 360 g/mol. The van der Waals surface area contributed by atoms with Crippen LogP contribution in [0.15, 0.2) is 14.7 Å². The van der Waals surface area contributed by atoms with Crippen molar-refractivity contribution in [2.75, 3.05) is 11.6 Å². The van der Waals surface area contributed by atoms with Crippen molar-refractivity contribution >= 4 is 22.8 Å². The highest BCUT2D eigenvalue weighted by Gasteiger charge is 2.30. The molecule has 2 aromatic heterocycles. The number of nitrogens with zero attached hydrogens (tertiary/aromatic N) is 6. The van der Waals surface area contributed by atoms with E-state index in [2.05, 4.69) is 23.9 Å². The molecule has 8 heteroatoms. The van der Waals surface area contributed by atoms with E-state index in [4.69, 9.17) is 0 Å². The average Bonchev–Trinajstić information content (AvgIpc) is 2.95. The third kappa shape index (κ3) is 2.77. The Labute approximate surface area is 152 Å². The first-order chi connectivity index (χ1) is 12.1. The van der Waals surface area contributed by atoms with E-state index in [0.717, 1.165) is 5.71 Å². The molecule has 1 aliphatic rings. The van der Waals surface area contributed by atoms with Gasteiger partial charge in [-0.2, -0.15) is 10.1 Å². The minimum absolute atomic E-state index is 0.0869. The Balaban J connectivity index is 2.36. The molecule has 0 spiro atoms. The van der Waals surface area contributed by atoms with Crippen LogP contribution in [-0.4, -0.2) is 30.9 Å². The molecule has 0 aromatic carbocycles. The maximum atomic E-state index is 13.2. The molecule has 3 rings (SSSR count). The number of fused-ring (bicyclic) bond motifs is 3. The van der Waals surface area contributed by atoms with Crippen molar-refractivity contribution in [1.29, 1.82) is 0 Å². The highest BCUT2D eigenvalue weighted by atomic mass is 16.2. The molecule has 142 valence electrons. The van der Waals surface area contributed by atoms with Crippen LogP contribution >= 0.6 is 0 Å². The van der Waals surface area contributed by atoms with Gasteiger partial charge >= 0.3 is 5.69 Å². The first-order valence-electron chi connectivity index (χ1n) is 9.17. The summed E-state index contributed by atoms with van der Waals surface area (Å²) in [6.45, 7) is 13.3. The molecule has 0 amide bonds. The maximum Gasteiger partial charge on any atom is 0.332 e. The Bertz CT molecular complexity index is 992. The minimum atomic E-state index is -0.327. The maximum absolute atomic E-state index is 13.2. The zero-order chi connectivity index (χ0) is 19.3. The van der Waals surface area contributed by atoms with Crippen LogP contribution < -0.4 is 16.3 Å². The molecule has 0 saturated carbocycles. The molecule has 2 aromatic rings. The van der Waals surface area contributed by atoms with E-state index < -0.39 is 0 Å². The number of aromatic nitrogens is 4. The van der Waals surface area contributed by atoms with Crippen LogP contribution in [0.1, 0.15) is 47.6 Å². The van der Waals surface area contributed by atoms with Gasteiger partial charge in [-0.3, -0.25) is 18.5 Å². The molecule has 8 nitrogen and oxygen atoms in total. The Morgan fingerprint density at radius 2 is 1.69 bits per heavy atom. The molecule has 0 radical (unpaired) electrons. The molecular weight excluding hydrogens is 332 g/mol. The van der Waals surface area contributed by atoms with Gasteiger partial charge in [-0.05, 0) is 25.7 Å². The second-order valence-electron chi connectivity index (χ2n) is 8.00. The van der Waals surface area contributed by atoms with E-state index in [-0.39, 0.29) is 23.2 Å². The number of hydrogen-bond donors (Lipinski definition) is 0. The van der Waals surface area contributed by atoms with Gasteiger partial charge in [0.1, 0.15) is 0 Å². The smallest absolute Gasteiger partial charge is 0.294 e. The molecule has 3 heterocycles. The number of hydrogen-bond acceptors (Lipinski definition) is 5. The molecule has 1 aliphatic heterocycles. The summed E-state index contributed by atoms with van der Waals surface area (Å²) in [7, 11) is 1.67. The molecular formula is C18H28N6O2. The third-order valence-electron chi connectivity index (χ3n) is 4.74. The Morgan fingerprint density at radius 3 is 2.27 bits per heavy atom. The van der Waals surface area contributed by atoms with E-state index in [1.165, 1.54) is 9.13 Å². The summed E-state index contributed by atoms with van der Waals surface area (Å²) in [5.41, 5.74) is 1.20. The fraction of sp³-hybridized carbons (Fsp3) is 0.667. The van der Waals surface area contributed by atoms with Gasteiger partial charge in [0.15, 0.2) is 11.2 Å². The molecule has 26 heavy (non-hydrogen) atoms. The van der Waals surface area contributed by atoms with Crippen LogP contribution in [0.25, 0.3) is 11.2 Å². The molecule has 0 fully saturated rings. The van der Waals surface area contributed by atoms with Crippen molar-refractivity contribution in [3.05, 3.63) is 20.8 Å². The van der Waals surface area contributed by atoms with Crippen LogP contribution in [0.3, 0.4) is 0 Å². The van der Waals surface area contributed by atoms with E-state index in [9.17, 15) is 9.59 Å². The number of hydrazone groups is 1. The predicted octanol–water partition coefficient (Wildman–Crippen LogP) is 1.97. The second-order valence-corrected chi connectivity index (χ2v) is 8.00. The quantitative estimate of drug-likeness (QED) is 0.835. The number of imidazole rings is 1. The lowest BCUT2D eigenvalue weighted by atomic mass is 10.2. The Morgan fingerprint density at radius 1 is 1.08 bits per heavy atom. The number of anilines is 1. The molecule has 0 bridgehead atoms. The second kappa shape index (κ2) is 6.41. The van der Waals surface area contributed by atoms with Crippen LogP contribution in [-0.2, 0) is 13.6 Å². The van der Waals surface area contributed by atoms with E-state index in [0.29, 0.717) is 36.1 Å². The lowest BCUT2D eigenvalue weighted by Gasteiger charge is -2.30. The SMILES string of the molecule is CC1=NN(CC(C)C)c2nc3c(c(=O)n(CC(C)C)c(=O)n3C)n2C1C. The summed E-state index contributed by atoms with van der Waals surface area (Å²) in [6, 6.07) is -0.0869. The number of rotatable bonds is 4. The fourth-order valence-corrected chi connectivity index (χ4v) is 3.38. The van der Waals surface area contributed by atoms with Crippen molar-refractivity contribution in [3.8, 4) is 0 Å². The fourth-order valence-electron chi connectivity index (χ4n) is 3.38. The van der Waals surface area contributed by atoms with Gasteiger partial charge in [-0.1, -0.05) is 27.7 Å². The van der Waals surface area contributed by atoms with Crippen LogP contribution in [0.4, 0.5) is 5.95 Å². The first kappa shape index (κ1) is 18.4. The topological polar surface area (TPSA) is 77.4 Å². The van der Waals surface area contributed by atoms with E-state index in [1.807, 2.05) is 37.3 Å². The Hall–Kier alpha value is -2.38. The van der Waals surface area contributed by atoms with Gasteiger partial charge in [0.05, 0.1) is 11.8 Å². The van der Waals surface area contributed by atoms with Crippen molar-refractivity contribution < 1.29 is 0 Å². The van der Waals surface area contributed by atoms with Gasteiger partial charge in [0, 0.05) is 20.1 Å². The van der Waals surface area contributed by atoms with Gasteiger partial charge < -0.3 is 0 Å². The van der Waals surface area contributed by atoms with Gasteiger partial charge in [0.2, 0.25) is 5.95 Å². The summed E-state index contributed by atoms with van der Waals surface area (Å²) < 4.78 is 4.72. The van der Waals surface area contributed by atoms with Crippen LogP contribution in [0, 0.1) is 11.8 Å². The van der Waals surface area contributed by atoms with Crippen molar-refractivity contribution in [3.63, 3.8) is 0 Å². The largest absolute Gasteiger partial charge is 0.332 e. The summed E-state index contributed by atoms with van der Waals surface area (Å²) in [4.78, 5) is 30.5. The summed E-state index contributed by atoms with van der Waals surface area (Å²) in [6.07, 6.45) is 0. The molecule has 0 saturated heterocycles. The van der Waals surface area contributed by atoms with Crippen LogP contribution in [0.5, 0.6) is 0 Å². The highest BCUT2D eigenvalue weighted by Crippen LogP contribution is 2.30. The van der Waals surface area contributed by atoms with Gasteiger partial charge in [-0.25, -0.2) is 9.80 Å². The van der Waals surface area contributed by atoms with Crippen molar-refractivity contribution in [2.45, 2.75) is 54.1 Å².